The third-order valence-electron chi connectivity index (χ3n) is 5.08. The predicted molar refractivity (Wildman–Crippen MR) is 112 cm³/mol. The molecule has 174 valence electrons. The summed E-state index contributed by atoms with van der Waals surface area (Å²) in [5.41, 5.74) is 0. The maximum atomic E-state index is 12.8. The Morgan fingerprint density at radius 3 is 2.45 bits per heavy atom. The number of amides is 1. The summed E-state index contributed by atoms with van der Waals surface area (Å²) in [7, 11) is 0. The quantitative estimate of drug-likeness (QED) is 0.363. The number of aliphatic hydroxyl groups is 4. The zero-order chi connectivity index (χ0) is 19.6. The van der Waals surface area contributed by atoms with E-state index in [1.807, 2.05) is 0 Å². The van der Waals surface area contributed by atoms with Crippen LogP contribution in [0, 0.1) is 0 Å². The Kier molecular flexibility index (Phi) is 15.4. The van der Waals surface area contributed by atoms with Crippen LogP contribution in [0.25, 0.3) is 0 Å². The van der Waals surface area contributed by atoms with Crippen molar-refractivity contribution >= 4 is 30.7 Å². The number of hydrogen-bond acceptors (Lipinski definition) is 8. The largest absolute Gasteiger partial charge is 0.394 e. The minimum atomic E-state index is -1.42. The molecule has 1 amide bonds. The predicted octanol–water partition coefficient (Wildman–Crippen LogP) is -0.929. The molecule has 5 atom stereocenters. The molecule has 0 spiro atoms. The van der Waals surface area contributed by atoms with Crippen molar-refractivity contribution in [2.45, 2.75) is 62.6 Å². The molecule has 5 N–H and O–H groups in total. The lowest BCUT2D eigenvalue weighted by atomic mass is 10.0. The van der Waals surface area contributed by atoms with Crippen LogP contribution in [-0.2, 0) is 14.3 Å². The van der Waals surface area contributed by atoms with Crippen molar-refractivity contribution in [2.24, 2.45) is 0 Å². The number of carbonyl (C=O) groups is 1. The van der Waals surface area contributed by atoms with E-state index in [0.717, 1.165) is 25.8 Å². The molecule has 2 heterocycles. The van der Waals surface area contributed by atoms with E-state index >= 15 is 0 Å². The highest BCUT2D eigenvalue weighted by Gasteiger charge is 2.35. The Bertz CT molecular complexity index is 444. The first-order valence-electron chi connectivity index (χ1n) is 9.91. The Morgan fingerprint density at radius 2 is 1.79 bits per heavy atom. The van der Waals surface area contributed by atoms with Crippen LogP contribution in [-0.4, -0.2) is 108 Å². The summed E-state index contributed by atoms with van der Waals surface area (Å²) in [4.78, 5) is 14.3. The summed E-state index contributed by atoms with van der Waals surface area (Å²) in [6.45, 7) is 1.89. The maximum absolute atomic E-state index is 12.8. The van der Waals surface area contributed by atoms with E-state index in [1.54, 1.807) is 0 Å². The number of halogens is 2. The molecule has 0 aromatic rings. The van der Waals surface area contributed by atoms with Gasteiger partial charge in [-0.3, -0.25) is 4.79 Å². The second kappa shape index (κ2) is 15.6. The summed E-state index contributed by atoms with van der Waals surface area (Å²) < 4.78 is 11.1. The highest BCUT2D eigenvalue weighted by Crippen LogP contribution is 2.15. The highest BCUT2D eigenvalue weighted by atomic mass is 35.5. The smallest absolute Gasteiger partial charge is 0.239 e. The minimum absolute atomic E-state index is 0. The Hall–Kier alpha value is -0.230. The van der Waals surface area contributed by atoms with Crippen molar-refractivity contribution in [1.82, 2.24) is 10.2 Å². The van der Waals surface area contributed by atoms with E-state index in [4.69, 9.17) is 9.47 Å². The zero-order valence-electron chi connectivity index (χ0n) is 16.6. The van der Waals surface area contributed by atoms with Crippen molar-refractivity contribution < 1.29 is 34.7 Å². The van der Waals surface area contributed by atoms with Gasteiger partial charge >= 0.3 is 0 Å². The fourth-order valence-corrected chi connectivity index (χ4v) is 3.49. The summed E-state index contributed by atoms with van der Waals surface area (Å²) >= 11 is 0. The molecule has 0 radical (unpaired) electrons. The van der Waals surface area contributed by atoms with Gasteiger partial charge in [-0.2, -0.15) is 0 Å². The number of rotatable bonds is 3. The monoisotopic (exact) mass is 462 g/mol. The molecular weight excluding hydrogens is 427 g/mol. The van der Waals surface area contributed by atoms with Crippen molar-refractivity contribution in [3.63, 3.8) is 0 Å². The average molecular weight is 463 g/mol. The van der Waals surface area contributed by atoms with Gasteiger partial charge in [-0.1, -0.05) is 0 Å². The lowest BCUT2D eigenvalue weighted by molar-refractivity contribution is -0.152. The molecule has 0 bridgehead atoms. The Morgan fingerprint density at radius 1 is 1.10 bits per heavy atom. The number of nitrogens with zero attached hydrogens (tertiary/aromatic N) is 1. The second-order valence-electron chi connectivity index (χ2n) is 7.25. The van der Waals surface area contributed by atoms with Gasteiger partial charge in [-0.15, -0.1) is 24.8 Å². The number of carbonyl (C=O) groups excluding carboxylic acids is 1. The molecule has 0 aliphatic carbocycles. The average Bonchev–Trinajstić information content (AvgIpc) is 3.21. The molecule has 2 aliphatic heterocycles. The highest BCUT2D eigenvalue weighted by molar-refractivity contribution is 5.85. The van der Waals surface area contributed by atoms with Gasteiger partial charge in [-0.05, 0) is 38.6 Å². The van der Waals surface area contributed by atoms with Crippen LogP contribution in [0.4, 0.5) is 0 Å². The Labute approximate surface area is 184 Å². The first kappa shape index (κ1) is 28.8. The van der Waals surface area contributed by atoms with Crippen LogP contribution in [0.15, 0.2) is 0 Å². The number of nitrogens with one attached hydrogen (secondary N) is 1. The summed E-state index contributed by atoms with van der Waals surface area (Å²) in [6, 6.07) is -0.274. The van der Waals surface area contributed by atoms with Crippen LogP contribution in [0.5, 0.6) is 0 Å². The molecular formula is C18H36Cl2N2O7. The number of aliphatic hydroxyl groups excluding tert-OH is 4. The minimum Gasteiger partial charge on any atom is -0.394 e. The number of β-amino-alcohol motifs (C(OH)–C–C–N with tert-alkyl or cyclic N) is 1. The molecule has 0 saturated carbocycles. The number of ether oxygens (including phenoxy) is 2. The first-order valence-corrected chi connectivity index (χ1v) is 9.91. The molecule has 0 aromatic carbocycles. The molecule has 2 aliphatic rings. The van der Waals surface area contributed by atoms with Crippen molar-refractivity contribution in [3.05, 3.63) is 0 Å². The molecule has 9 nitrogen and oxygen atoms in total. The van der Waals surface area contributed by atoms with Crippen LogP contribution < -0.4 is 5.32 Å². The molecule has 29 heavy (non-hydrogen) atoms. The standard InChI is InChI=1S/C18H34N2O7.2ClH/c21-12-15(23)17-16(24)14(22)11-20(18(25)13-5-3-6-19-13)7-4-9-26-8-1-2-10-27-17;;/h13-17,19,21-24H,1-12H2;2*1H/t13-,14+,15-,16-,17-;;/m1../s1. The van der Waals surface area contributed by atoms with Gasteiger partial charge in [0.15, 0.2) is 0 Å². The van der Waals surface area contributed by atoms with Gasteiger partial charge in [0.1, 0.15) is 24.4 Å². The van der Waals surface area contributed by atoms with E-state index in [-0.39, 0.29) is 49.9 Å². The third kappa shape index (κ3) is 9.20. The van der Waals surface area contributed by atoms with Crippen molar-refractivity contribution in [1.29, 1.82) is 0 Å². The molecule has 2 saturated heterocycles. The molecule has 2 fully saturated rings. The van der Waals surface area contributed by atoms with E-state index < -0.39 is 31.0 Å². The normalized spacial score (nSPS) is 31.1. The molecule has 11 heteroatoms. The van der Waals surface area contributed by atoms with Gasteiger partial charge < -0.3 is 40.1 Å². The fraction of sp³-hybridized carbons (Fsp3) is 0.944. The molecule has 2 rings (SSSR count). The van der Waals surface area contributed by atoms with Crippen LogP contribution in [0.3, 0.4) is 0 Å². The van der Waals surface area contributed by atoms with Crippen LogP contribution >= 0.6 is 24.8 Å². The van der Waals surface area contributed by atoms with E-state index in [9.17, 15) is 25.2 Å². The lowest BCUT2D eigenvalue weighted by Gasteiger charge is -2.34. The van der Waals surface area contributed by atoms with Gasteiger partial charge in [0, 0.05) is 32.9 Å². The first-order chi connectivity index (χ1) is 13.0. The van der Waals surface area contributed by atoms with Gasteiger partial charge in [0.2, 0.25) is 5.91 Å². The fourth-order valence-electron chi connectivity index (χ4n) is 3.49. The summed E-state index contributed by atoms with van der Waals surface area (Å²) in [5.74, 6) is -0.106. The molecule has 0 aromatic heterocycles. The SMILES string of the molecule is Cl.Cl.O=C([C@H]1CCCN1)N1CCCOCCCCO[C@H]([C@H](O)CO)[C@H](O)[C@@H](O)C1. The summed E-state index contributed by atoms with van der Waals surface area (Å²) in [5, 5.41) is 43.3. The maximum Gasteiger partial charge on any atom is 0.239 e. The van der Waals surface area contributed by atoms with E-state index in [1.165, 1.54) is 4.90 Å². The van der Waals surface area contributed by atoms with Crippen LogP contribution in [0.1, 0.15) is 32.1 Å². The molecule has 0 unspecified atom stereocenters. The van der Waals surface area contributed by atoms with Gasteiger partial charge in [0.25, 0.3) is 0 Å². The lowest BCUT2D eigenvalue weighted by Crippen LogP contribution is -2.54. The van der Waals surface area contributed by atoms with Gasteiger partial charge in [-0.25, -0.2) is 0 Å². The van der Waals surface area contributed by atoms with Crippen LogP contribution in [0.2, 0.25) is 0 Å². The van der Waals surface area contributed by atoms with Crippen molar-refractivity contribution in [2.75, 3.05) is 46.1 Å². The Balaban J connectivity index is 0.00000392. The van der Waals surface area contributed by atoms with Gasteiger partial charge in [0.05, 0.1) is 12.6 Å². The summed E-state index contributed by atoms with van der Waals surface area (Å²) in [6.07, 6.45) is -1.42. The van der Waals surface area contributed by atoms with E-state index in [0.29, 0.717) is 32.6 Å². The topological polar surface area (TPSA) is 132 Å². The number of hydrogen-bond donors (Lipinski definition) is 5. The van der Waals surface area contributed by atoms with E-state index in [2.05, 4.69) is 5.32 Å². The second-order valence-corrected chi connectivity index (χ2v) is 7.25. The van der Waals surface area contributed by atoms with Crippen molar-refractivity contribution in [3.8, 4) is 0 Å². The third-order valence-corrected chi connectivity index (χ3v) is 5.08. The zero-order valence-corrected chi connectivity index (χ0v) is 18.3.